The van der Waals surface area contributed by atoms with E-state index in [1.54, 1.807) is 35.2 Å². The van der Waals surface area contributed by atoms with Gasteiger partial charge in [0.15, 0.2) is 5.13 Å². The zero-order valence-electron chi connectivity index (χ0n) is 17.1. The number of hydrogen-bond donors (Lipinski definition) is 0. The first-order valence-corrected chi connectivity index (χ1v) is 12.2. The molecule has 0 saturated carbocycles. The summed E-state index contributed by atoms with van der Waals surface area (Å²) in [5.74, 6) is 0.875. The molecule has 0 aliphatic carbocycles. The van der Waals surface area contributed by atoms with E-state index in [1.165, 1.54) is 22.4 Å². The fourth-order valence-corrected chi connectivity index (χ4v) is 5.50. The highest BCUT2D eigenvalue weighted by molar-refractivity contribution is 7.99. The number of amides is 1. The van der Waals surface area contributed by atoms with Gasteiger partial charge in [-0.05, 0) is 60.6 Å². The lowest BCUT2D eigenvalue weighted by atomic mass is 10.2. The molecule has 7 heteroatoms. The number of carbonyl (C=O) groups excluding carboxylic acids is 1. The summed E-state index contributed by atoms with van der Waals surface area (Å²) >= 11 is 3.41. The number of benzene rings is 2. The number of halogens is 1. The van der Waals surface area contributed by atoms with Gasteiger partial charge in [-0.25, -0.2) is 9.37 Å². The van der Waals surface area contributed by atoms with Crippen molar-refractivity contribution in [1.29, 1.82) is 0 Å². The van der Waals surface area contributed by atoms with Gasteiger partial charge in [-0.3, -0.25) is 4.79 Å². The Bertz CT molecular complexity index is 997. The van der Waals surface area contributed by atoms with Gasteiger partial charge >= 0.3 is 0 Å². The van der Waals surface area contributed by atoms with Crippen molar-refractivity contribution in [3.63, 3.8) is 0 Å². The van der Waals surface area contributed by atoms with Crippen molar-refractivity contribution in [2.24, 2.45) is 0 Å². The van der Waals surface area contributed by atoms with Crippen molar-refractivity contribution in [3.8, 4) is 0 Å². The number of piperazine rings is 1. The van der Waals surface area contributed by atoms with Gasteiger partial charge in [-0.2, -0.15) is 0 Å². The topological polar surface area (TPSA) is 36.4 Å². The number of carbonyl (C=O) groups is 1. The van der Waals surface area contributed by atoms with Crippen molar-refractivity contribution in [3.05, 3.63) is 53.8 Å². The summed E-state index contributed by atoms with van der Waals surface area (Å²) in [6, 6.07) is 13.0. The number of thiazole rings is 1. The van der Waals surface area contributed by atoms with Gasteiger partial charge < -0.3 is 9.80 Å². The number of nitrogens with zero attached hydrogens (tertiary/aromatic N) is 3. The van der Waals surface area contributed by atoms with Gasteiger partial charge in [0.05, 0.1) is 10.2 Å². The summed E-state index contributed by atoms with van der Waals surface area (Å²) in [4.78, 5) is 22.6. The fraction of sp³-hybridized carbons (Fsp3) is 0.391. The molecule has 1 aromatic heterocycles. The van der Waals surface area contributed by atoms with Crippen LogP contribution in [0.15, 0.2) is 47.4 Å². The summed E-state index contributed by atoms with van der Waals surface area (Å²) in [5.41, 5.74) is 2.40. The third-order valence-electron chi connectivity index (χ3n) is 5.37. The molecule has 1 aliphatic heterocycles. The highest BCUT2D eigenvalue weighted by Gasteiger charge is 2.22. The van der Waals surface area contributed by atoms with E-state index in [0.29, 0.717) is 6.42 Å². The Morgan fingerprint density at radius 2 is 1.90 bits per heavy atom. The SMILES string of the molecule is CCc1ccc2nc(N3CCN(C(=O)CCCSc4ccc(F)cc4)CC3)sc2c1. The van der Waals surface area contributed by atoms with E-state index in [-0.39, 0.29) is 11.7 Å². The number of aryl methyl sites for hydroxylation is 1. The van der Waals surface area contributed by atoms with Crippen LogP contribution in [0.5, 0.6) is 0 Å². The van der Waals surface area contributed by atoms with E-state index < -0.39 is 0 Å². The first-order chi connectivity index (χ1) is 14.6. The minimum atomic E-state index is -0.217. The third-order valence-corrected chi connectivity index (χ3v) is 7.55. The van der Waals surface area contributed by atoms with Crippen molar-refractivity contribution >= 4 is 44.4 Å². The number of rotatable bonds is 7. The maximum Gasteiger partial charge on any atom is 0.222 e. The molecule has 0 N–H and O–H groups in total. The normalized spacial score (nSPS) is 14.5. The molecular weight excluding hydrogens is 417 g/mol. The molecular formula is C23H26FN3OS2. The standard InChI is InChI=1S/C23H26FN3OS2/c1-2-17-5-10-20-21(16-17)30-23(25-20)27-13-11-26(12-14-27)22(28)4-3-15-29-19-8-6-18(24)7-9-19/h5-10,16H,2-4,11-15H2,1H3. The molecule has 4 rings (SSSR count). The van der Waals surface area contributed by atoms with Crippen LogP contribution < -0.4 is 4.90 Å². The molecule has 1 amide bonds. The van der Waals surface area contributed by atoms with Crippen molar-refractivity contribution in [1.82, 2.24) is 9.88 Å². The number of thioether (sulfide) groups is 1. The van der Waals surface area contributed by atoms with Gasteiger partial charge in [0.1, 0.15) is 5.82 Å². The molecule has 0 spiro atoms. The van der Waals surface area contributed by atoms with Crippen LogP contribution in [-0.4, -0.2) is 47.7 Å². The molecule has 0 unspecified atom stereocenters. The second kappa shape index (κ2) is 9.79. The molecule has 30 heavy (non-hydrogen) atoms. The van der Waals surface area contributed by atoms with E-state index in [9.17, 15) is 9.18 Å². The molecule has 1 aliphatic rings. The minimum absolute atomic E-state index is 0.217. The molecule has 2 heterocycles. The Labute approximate surface area is 185 Å². The summed E-state index contributed by atoms with van der Waals surface area (Å²) < 4.78 is 14.2. The van der Waals surface area contributed by atoms with Crippen molar-refractivity contribution in [2.45, 2.75) is 31.1 Å². The van der Waals surface area contributed by atoms with Gasteiger partial charge in [0.2, 0.25) is 5.91 Å². The second-order valence-electron chi connectivity index (χ2n) is 7.43. The molecule has 158 valence electrons. The Hall–Kier alpha value is -2.12. The maximum atomic E-state index is 12.9. The predicted molar refractivity (Wildman–Crippen MR) is 124 cm³/mol. The molecule has 0 radical (unpaired) electrons. The first kappa shape index (κ1) is 21.1. The van der Waals surface area contributed by atoms with Crippen molar-refractivity contribution < 1.29 is 9.18 Å². The van der Waals surface area contributed by atoms with Crippen LogP contribution in [0.3, 0.4) is 0 Å². The van der Waals surface area contributed by atoms with Crippen LogP contribution in [0.4, 0.5) is 9.52 Å². The van der Waals surface area contributed by atoms with Crippen LogP contribution in [0, 0.1) is 5.82 Å². The largest absolute Gasteiger partial charge is 0.345 e. The smallest absolute Gasteiger partial charge is 0.222 e. The highest BCUT2D eigenvalue weighted by Crippen LogP contribution is 2.30. The van der Waals surface area contributed by atoms with Crippen LogP contribution in [0.2, 0.25) is 0 Å². The number of anilines is 1. The molecule has 4 nitrogen and oxygen atoms in total. The van der Waals surface area contributed by atoms with Gasteiger partial charge in [0, 0.05) is 37.5 Å². The predicted octanol–water partition coefficient (Wildman–Crippen LogP) is 5.22. The first-order valence-electron chi connectivity index (χ1n) is 10.4. The van der Waals surface area contributed by atoms with Gasteiger partial charge in [-0.1, -0.05) is 24.3 Å². The Morgan fingerprint density at radius 1 is 1.13 bits per heavy atom. The van der Waals surface area contributed by atoms with Crippen molar-refractivity contribution in [2.75, 3.05) is 36.8 Å². The summed E-state index contributed by atoms with van der Waals surface area (Å²) in [7, 11) is 0. The van der Waals surface area contributed by atoms with E-state index in [0.717, 1.165) is 60.3 Å². The molecule has 0 bridgehead atoms. The fourth-order valence-electron chi connectivity index (χ4n) is 3.56. The highest BCUT2D eigenvalue weighted by atomic mass is 32.2. The van der Waals surface area contributed by atoms with Crippen LogP contribution in [0.1, 0.15) is 25.3 Å². The Balaban J connectivity index is 1.23. The Kier molecular flexibility index (Phi) is 6.89. The van der Waals surface area contributed by atoms with E-state index in [1.807, 2.05) is 4.90 Å². The van der Waals surface area contributed by atoms with Crippen LogP contribution in [-0.2, 0) is 11.2 Å². The quantitative estimate of drug-likeness (QED) is 0.371. The van der Waals surface area contributed by atoms with E-state index in [2.05, 4.69) is 30.0 Å². The zero-order valence-corrected chi connectivity index (χ0v) is 18.8. The van der Waals surface area contributed by atoms with Gasteiger partial charge in [0.25, 0.3) is 0 Å². The lowest BCUT2D eigenvalue weighted by Crippen LogP contribution is -2.48. The van der Waals surface area contributed by atoms with E-state index >= 15 is 0 Å². The molecule has 1 fully saturated rings. The molecule has 1 saturated heterocycles. The number of hydrogen-bond acceptors (Lipinski definition) is 5. The third kappa shape index (κ3) is 5.13. The summed E-state index contributed by atoms with van der Waals surface area (Å²) in [6.07, 6.45) is 2.43. The summed E-state index contributed by atoms with van der Waals surface area (Å²) in [6.45, 7) is 5.33. The monoisotopic (exact) mass is 443 g/mol. The van der Waals surface area contributed by atoms with Gasteiger partial charge in [-0.15, -0.1) is 11.8 Å². The number of aromatic nitrogens is 1. The zero-order chi connectivity index (χ0) is 20.9. The lowest BCUT2D eigenvalue weighted by molar-refractivity contribution is -0.131. The molecule has 3 aromatic rings. The summed E-state index contributed by atoms with van der Waals surface area (Å²) in [5, 5.41) is 1.06. The molecule has 2 aromatic carbocycles. The maximum absolute atomic E-state index is 12.9. The Morgan fingerprint density at radius 3 is 2.63 bits per heavy atom. The van der Waals surface area contributed by atoms with Crippen LogP contribution in [0.25, 0.3) is 10.2 Å². The molecule has 0 atom stereocenters. The lowest BCUT2D eigenvalue weighted by Gasteiger charge is -2.34. The average molecular weight is 444 g/mol. The average Bonchev–Trinajstić information content (AvgIpc) is 3.21. The number of fused-ring (bicyclic) bond motifs is 1. The second-order valence-corrected chi connectivity index (χ2v) is 9.60. The van der Waals surface area contributed by atoms with E-state index in [4.69, 9.17) is 4.98 Å². The minimum Gasteiger partial charge on any atom is -0.345 e. The van der Waals surface area contributed by atoms with Crippen LogP contribution >= 0.6 is 23.1 Å².